The van der Waals surface area contributed by atoms with E-state index in [1.807, 2.05) is 12.1 Å². The molecule has 0 amide bonds. The van der Waals surface area contributed by atoms with E-state index in [2.05, 4.69) is 26.9 Å². The van der Waals surface area contributed by atoms with E-state index in [1.54, 1.807) is 7.11 Å². The van der Waals surface area contributed by atoms with Crippen LogP contribution < -0.4 is 4.74 Å². The van der Waals surface area contributed by atoms with Crippen molar-refractivity contribution < 1.29 is 4.74 Å². The quantitative estimate of drug-likeness (QED) is 0.607. The number of methoxy groups -OCH3 is 1. The van der Waals surface area contributed by atoms with Crippen molar-refractivity contribution in [2.45, 2.75) is 20.2 Å². The molecule has 0 N–H and O–H groups in total. The SMILES string of the molecule is CCc1ccc(OC)cc1.[B]C. The lowest BCUT2D eigenvalue weighted by Crippen LogP contribution is -1.83. The minimum absolute atomic E-state index is 0.928. The number of ether oxygens (including phenoxy) is 1. The smallest absolute Gasteiger partial charge is 0.118 e. The topological polar surface area (TPSA) is 9.23 Å². The minimum atomic E-state index is 0.928. The lowest BCUT2D eigenvalue weighted by atomic mass is 10.2. The first-order chi connectivity index (χ1) is 5.86. The highest BCUT2D eigenvalue weighted by Gasteiger charge is 1.89. The van der Waals surface area contributed by atoms with Crippen molar-refractivity contribution in [1.82, 2.24) is 0 Å². The van der Waals surface area contributed by atoms with Gasteiger partial charge in [-0.2, -0.15) is 0 Å². The molecule has 0 spiro atoms. The summed E-state index contributed by atoms with van der Waals surface area (Å²) in [5.74, 6) is 0.928. The van der Waals surface area contributed by atoms with Crippen molar-refractivity contribution in [3.8, 4) is 5.75 Å². The maximum Gasteiger partial charge on any atom is 0.118 e. The van der Waals surface area contributed by atoms with Crippen LogP contribution in [-0.2, 0) is 6.42 Å². The van der Waals surface area contributed by atoms with Crippen LogP contribution >= 0.6 is 0 Å². The first kappa shape index (κ1) is 11.1. The molecule has 0 aliphatic carbocycles. The number of hydrogen-bond acceptors (Lipinski definition) is 1. The van der Waals surface area contributed by atoms with Crippen LogP contribution in [0.2, 0.25) is 6.82 Å². The summed E-state index contributed by atoms with van der Waals surface area (Å²) in [6.45, 7) is 3.64. The van der Waals surface area contributed by atoms with Crippen LogP contribution in [0.3, 0.4) is 0 Å². The molecule has 1 aromatic rings. The van der Waals surface area contributed by atoms with Gasteiger partial charge in [-0.25, -0.2) is 0 Å². The van der Waals surface area contributed by atoms with Crippen molar-refractivity contribution in [3.63, 3.8) is 0 Å². The van der Waals surface area contributed by atoms with Gasteiger partial charge in [0.25, 0.3) is 0 Å². The highest BCUT2D eigenvalue weighted by Crippen LogP contribution is 2.10. The molecule has 0 unspecified atom stereocenters. The molecule has 1 rings (SSSR count). The van der Waals surface area contributed by atoms with Crippen LogP contribution in [0.4, 0.5) is 0 Å². The molecule has 0 saturated heterocycles. The van der Waals surface area contributed by atoms with Crippen LogP contribution in [0, 0.1) is 0 Å². The van der Waals surface area contributed by atoms with Crippen molar-refractivity contribution in [2.24, 2.45) is 0 Å². The molecule has 0 bridgehead atoms. The molecular formula is C10H15BO. The van der Waals surface area contributed by atoms with Crippen LogP contribution in [0.15, 0.2) is 24.3 Å². The maximum atomic E-state index is 5.01. The highest BCUT2D eigenvalue weighted by molar-refractivity contribution is 6.05. The van der Waals surface area contributed by atoms with E-state index in [9.17, 15) is 0 Å². The molecule has 0 aliphatic rings. The molecule has 1 aromatic carbocycles. The van der Waals surface area contributed by atoms with Gasteiger partial charge in [-0.3, -0.25) is 0 Å². The van der Waals surface area contributed by atoms with Gasteiger partial charge in [0.1, 0.15) is 5.75 Å². The molecule has 0 atom stereocenters. The van der Waals surface area contributed by atoms with E-state index in [0.717, 1.165) is 12.2 Å². The van der Waals surface area contributed by atoms with Gasteiger partial charge >= 0.3 is 0 Å². The van der Waals surface area contributed by atoms with Crippen molar-refractivity contribution in [2.75, 3.05) is 7.11 Å². The Hall–Kier alpha value is -0.915. The molecule has 0 aromatic heterocycles. The molecule has 0 saturated carbocycles. The first-order valence-electron chi connectivity index (χ1n) is 4.07. The standard InChI is InChI=1S/C9H12O.CH3B/c1-3-8-4-6-9(10-2)7-5-8;1-2/h4-7H,3H2,1-2H3;1H3. The Kier molecular flexibility index (Phi) is 6.26. The van der Waals surface area contributed by atoms with Gasteiger partial charge in [-0.15, -0.1) is 0 Å². The predicted octanol–water partition coefficient (Wildman–Crippen LogP) is 2.46. The van der Waals surface area contributed by atoms with E-state index < -0.39 is 0 Å². The minimum Gasteiger partial charge on any atom is -0.497 e. The summed E-state index contributed by atoms with van der Waals surface area (Å²) < 4.78 is 5.01. The molecule has 0 fully saturated rings. The normalized spacial score (nSPS) is 8.25. The average molecular weight is 162 g/mol. The summed E-state index contributed by atoms with van der Waals surface area (Å²) in [7, 11) is 6.18. The lowest BCUT2D eigenvalue weighted by Gasteiger charge is -1.99. The summed E-state index contributed by atoms with van der Waals surface area (Å²) in [5.41, 5.74) is 1.35. The Bertz CT molecular complexity index is 170. The third-order valence-electron chi connectivity index (χ3n) is 1.57. The second-order valence-electron chi connectivity index (χ2n) is 2.20. The molecule has 2 radical (unpaired) electrons. The van der Waals surface area contributed by atoms with E-state index >= 15 is 0 Å². The Morgan fingerprint density at radius 3 is 2.00 bits per heavy atom. The summed E-state index contributed by atoms with van der Waals surface area (Å²) in [4.78, 5) is 0. The van der Waals surface area contributed by atoms with E-state index in [0.29, 0.717) is 0 Å². The van der Waals surface area contributed by atoms with E-state index in [4.69, 9.17) is 4.74 Å². The molecular weight excluding hydrogens is 147 g/mol. The van der Waals surface area contributed by atoms with Gasteiger partial charge in [0.05, 0.1) is 15.0 Å². The van der Waals surface area contributed by atoms with Gasteiger partial charge in [-0.1, -0.05) is 25.9 Å². The number of benzene rings is 1. The molecule has 2 heteroatoms. The summed E-state index contributed by atoms with van der Waals surface area (Å²) in [6, 6.07) is 8.13. The fourth-order valence-corrected chi connectivity index (χ4v) is 0.861. The zero-order chi connectivity index (χ0) is 9.40. The number of rotatable bonds is 2. The van der Waals surface area contributed by atoms with Gasteiger partial charge in [0.15, 0.2) is 0 Å². The first-order valence-corrected chi connectivity index (χ1v) is 4.07. The van der Waals surface area contributed by atoms with Crippen molar-refractivity contribution in [3.05, 3.63) is 29.8 Å². The lowest BCUT2D eigenvalue weighted by molar-refractivity contribution is 0.414. The second kappa shape index (κ2) is 6.77. The number of aryl methyl sites for hydroxylation is 1. The Morgan fingerprint density at radius 2 is 1.67 bits per heavy atom. The van der Waals surface area contributed by atoms with Crippen molar-refractivity contribution >= 4 is 7.85 Å². The van der Waals surface area contributed by atoms with Gasteiger partial charge in [-0.05, 0) is 24.1 Å². The summed E-state index contributed by atoms with van der Waals surface area (Å²) in [5, 5.41) is 0. The van der Waals surface area contributed by atoms with Crippen molar-refractivity contribution in [1.29, 1.82) is 0 Å². The predicted molar refractivity (Wildman–Crippen MR) is 54.0 cm³/mol. The summed E-state index contributed by atoms with van der Waals surface area (Å²) in [6.07, 6.45) is 1.09. The van der Waals surface area contributed by atoms with Gasteiger partial charge in [0.2, 0.25) is 0 Å². The Balaban J connectivity index is 0.000000561. The van der Waals surface area contributed by atoms with Crippen LogP contribution in [0.1, 0.15) is 12.5 Å². The van der Waals surface area contributed by atoms with E-state index in [1.165, 1.54) is 12.4 Å². The second-order valence-corrected chi connectivity index (χ2v) is 2.20. The monoisotopic (exact) mass is 162 g/mol. The largest absolute Gasteiger partial charge is 0.497 e. The zero-order valence-electron chi connectivity index (χ0n) is 8.00. The molecule has 12 heavy (non-hydrogen) atoms. The zero-order valence-corrected chi connectivity index (χ0v) is 8.00. The van der Waals surface area contributed by atoms with Crippen LogP contribution in [0.5, 0.6) is 5.75 Å². The maximum absolute atomic E-state index is 5.01. The fraction of sp³-hybridized carbons (Fsp3) is 0.400. The fourth-order valence-electron chi connectivity index (χ4n) is 0.861. The highest BCUT2D eigenvalue weighted by atomic mass is 16.5. The van der Waals surface area contributed by atoms with E-state index in [-0.39, 0.29) is 0 Å². The molecule has 1 nitrogen and oxygen atoms in total. The third kappa shape index (κ3) is 3.47. The van der Waals surface area contributed by atoms with Gasteiger partial charge < -0.3 is 4.74 Å². The Morgan fingerprint density at radius 1 is 1.17 bits per heavy atom. The number of hydrogen-bond donors (Lipinski definition) is 0. The van der Waals surface area contributed by atoms with Crippen LogP contribution in [-0.4, -0.2) is 15.0 Å². The van der Waals surface area contributed by atoms with Crippen LogP contribution in [0.25, 0.3) is 0 Å². The molecule has 64 valence electrons. The van der Waals surface area contributed by atoms with Gasteiger partial charge in [0, 0.05) is 0 Å². The molecule has 0 heterocycles. The summed E-state index contributed by atoms with van der Waals surface area (Å²) >= 11 is 0. The third-order valence-corrected chi connectivity index (χ3v) is 1.57. The Labute approximate surface area is 76.2 Å². The molecule has 0 aliphatic heterocycles. The average Bonchev–Trinajstić information content (AvgIpc) is 2.21.